The lowest BCUT2D eigenvalue weighted by Gasteiger charge is -2.18. The number of aryl methyl sites for hydroxylation is 2. The number of nitrogens with one attached hydrogen (secondary N) is 1. The van der Waals surface area contributed by atoms with E-state index in [1.54, 1.807) is 32.0 Å². The number of carbonyl (C=O) groups is 2. The van der Waals surface area contributed by atoms with Gasteiger partial charge in [0.25, 0.3) is 5.91 Å². The molecule has 2 rings (SSSR count). The number of nitrogens with zero attached hydrogens (tertiary/aromatic N) is 1. The highest BCUT2D eigenvalue weighted by atomic mass is 32.2. The van der Waals surface area contributed by atoms with Crippen molar-refractivity contribution in [2.24, 2.45) is 0 Å². The molecule has 2 aromatic rings. The Balaban J connectivity index is 1.89. The lowest BCUT2D eigenvalue weighted by molar-refractivity contribution is -0.142. The van der Waals surface area contributed by atoms with Gasteiger partial charge in [-0.3, -0.25) is 4.79 Å². The molecule has 166 valence electrons. The molecule has 0 spiro atoms. The fourth-order valence-corrected chi connectivity index (χ4v) is 4.29. The molecule has 0 aromatic heterocycles. The monoisotopic (exact) mass is 444 g/mol. The van der Waals surface area contributed by atoms with Crippen LogP contribution in [0.25, 0.3) is 6.08 Å². The second-order valence-corrected chi connectivity index (χ2v) is 8.88. The fraction of sp³-hybridized carbons (Fsp3) is 0.304. The van der Waals surface area contributed by atoms with E-state index >= 15 is 0 Å². The number of sulfonamides is 1. The zero-order valence-electron chi connectivity index (χ0n) is 18.2. The van der Waals surface area contributed by atoms with Gasteiger partial charge in [0, 0.05) is 24.9 Å². The van der Waals surface area contributed by atoms with Gasteiger partial charge in [0.1, 0.15) is 0 Å². The van der Waals surface area contributed by atoms with Crippen LogP contribution in [-0.4, -0.2) is 44.3 Å². The molecule has 31 heavy (non-hydrogen) atoms. The highest BCUT2D eigenvalue weighted by molar-refractivity contribution is 7.89. The van der Waals surface area contributed by atoms with Gasteiger partial charge in [0.15, 0.2) is 6.61 Å². The maximum atomic E-state index is 12.5. The third kappa shape index (κ3) is 6.77. The molecule has 0 aliphatic rings. The van der Waals surface area contributed by atoms with Crippen molar-refractivity contribution in [2.75, 3.05) is 25.0 Å². The largest absolute Gasteiger partial charge is 0.452 e. The topological polar surface area (TPSA) is 92.8 Å². The van der Waals surface area contributed by atoms with Gasteiger partial charge in [0.05, 0.1) is 4.90 Å². The van der Waals surface area contributed by atoms with Crippen molar-refractivity contribution in [1.82, 2.24) is 4.31 Å². The molecule has 8 heteroatoms. The Morgan fingerprint density at radius 3 is 2.23 bits per heavy atom. The Hall–Kier alpha value is -2.97. The van der Waals surface area contributed by atoms with Crippen molar-refractivity contribution >= 4 is 33.7 Å². The van der Waals surface area contributed by atoms with Crippen LogP contribution in [0.2, 0.25) is 0 Å². The molecule has 7 nitrogen and oxygen atoms in total. The van der Waals surface area contributed by atoms with Crippen LogP contribution in [-0.2, 0) is 24.3 Å². The van der Waals surface area contributed by atoms with Crippen molar-refractivity contribution < 1.29 is 22.7 Å². The summed E-state index contributed by atoms with van der Waals surface area (Å²) < 4.78 is 31.3. The second-order valence-electron chi connectivity index (χ2n) is 6.95. The molecular formula is C23H28N2O5S. The minimum absolute atomic E-state index is 0.193. The standard InChI is InChI=1S/C23H28N2O5S/c1-5-25(6-2)31(28,29)21-12-8-19(9-13-21)10-14-23(27)30-16-22(26)24-20-11-7-17(3)18(4)15-20/h7-15H,5-6,16H2,1-4H3,(H,24,26)/b14-10+. The maximum Gasteiger partial charge on any atom is 0.331 e. The predicted molar refractivity (Wildman–Crippen MR) is 121 cm³/mol. The Bertz CT molecular complexity index is 1060. The van der Waals surface area contributed by atoms with Gasteiger partial charge < -0.3 is 10.1 Å². The number of anilines is 1. The van der Waals surface area contributed by atoms with Gasteiger partial charge in [-0.15, -0.1) is 0 Å². The van der Waals surface area contributed by atoms with E-state index in [0.29, 0.717) is 24.3 Å². The molecule has 1 amide bonds. The summed E-state index contributed by atoms with van der Waals surface area (Å²) in [7, 11) is -3.53. The van der Waals surface area contributed by atoms with E-state index in [1.165, 1.54) is 28.6 Å². The van der Waals surface area contributed by atoms with E-state index in [2.05, 4.69) is 5.32 Å². The van der Waals surface area contributed by atoms with Gasteiger partial charge in [-0.2, -0.15) is 4.31 Å². The van der Waals surface area contributed by atoms with Crippen LogP contribution in [0, 0.1) is 13.8 Å². The number of ether oxygens (including phenoxy) is 1. The van der Waals surface area contributed by atoms with E-state index < -0.39 is 28.5 Å². The normalized spacial score (nSPS) is 11.6. The quantitative estimate of drug-likeness (QED) is 0.472. The summed E-state index contributed by atoms with van der Waals surface area (Å²) >= 11 is 0. The summed E-state index contributed by atoms with van der Waals surface area (Å²) in [4.78, 5) is 24.0. The van der Waals surface area contributed by atoms with Crippen LogP contribution in [0.5, 0.6) is 0 Å². The first kappa shape index (κ1) is 24.3. The number of hydrogen-bond acceptors (Lipinski definition) is 5. The highest BCUT2D eigenvalue weighted by Gasteiger charge is 2.20. The van der Waals surface area contributed by atoms with Gasteiger partial charge >= 0.3 is 5.97 Å². The van der Waals surface area contributed by atoms with E-state index in [0.717, 1.165) is 11.1 Å². The van der Waals surface area contributed by atoms with Gasteiger partial charge in [0.2, 0.25) is 10.0 Å². The lowest BCUT2D eigenvalue weighted by Crippen LogP contribution is -2.30. The first-order chi connectivity index (χ1) is 14.7. The van der Waals surface area contributed by atoms with Crippen molar-refractivity contribution in [1.29, 1.82) is 0 Å². The molecule has 0 atom stereocenters. The van der Waals surface area contributed by atoms with E-state index in [9.17, 15) is 18.0 Å². The SMILES string of the molecule is CCN(CC)S(=O)(=O)c1ccc(/C=C/C(=O)OCC(=O)Nc2ccc(C)c(C)c2)cc1. The number of benzene rings is 2. The third-order valence-electron chi connectivity index (χ3n) is 4.77. The Labute approximate surface area is 183 Å². The van der Waals surface area contributed by atoms with Crippen LogP contribution in [0.3, 0.4) is 0 Å². The van der Waals surface area contributed by atoms with E-state index in [4.69, 9.17) is 4.74 Å². The predicted octanol–water partition coefficient (Wildman–Crippen LogP) is 3.53. The summed E-state index contributed by atoms with van der Waals surface area (Å²) in [6.45, 7) is 7.87. The summed E-state index contributed by atoms with van der Waals surface area (Å²) in [5.74, 6) is -1.11. The first-order valence-corrected chi connectivity index (χ1v) is 11.4. The van der Waals surface area contributed by atoms with Crippen molar-refractivity contribution in [3.8, 4) is 0 Å². The fourth-order valence-electron chi connectivity index (χ4n) is 2.83. The maximum absolute atomic E-state index is 12.5. The molecule has 0 aliphatic carbocycles. The Morgan fingerprint density at radius 2 is 1.65 bits per heavy atom. The number of amides is 1. The minimum atomic E-state index is -3.53. The van der Waals surface area contributed by atoms with E-state index in [1.807, 2.05) is 26.0 Å². The number of carbonyl (C=O) groups excluding carboxylic acids is 2. The number of hydrogen-bond donors (Lipinski definition) is 1. The molecule has 0 fully saturated rings. The zero-order valence-corrected chi connectivity index (χ0v) is 19.0. The van der Waals surface area contributed by atoms with Crippen molar-refractivity contribution in [3.63, 3.8) is 0 Å². The van der Waals surface area contributed by atoms with Gasteiger partial charge in [-0.05, 0) is 60.9 Å². The molecule has 0 bridgehead atoms. The summed E-state index contributed by atoms with van der Waals surface area (Å²) in [6, 6.07) is 11.7. The van der Waals surface area contributed by atoms with Gasteiger partial charge in [-0.1, -0.05) is 32.0 Å². The lowest BCUT2D eigenvalue weighted by atomic mass is 10.1. The summed E-state index contributed by atoms with van der Waals surface area (Å²) in [5.41, 5.74) is 3.44. The molecule has 0 radical (unpaired) electrons. The van der Waals surface area contributed by atoms with Crippen LogP contribution in [0.15, 0.2) is 53.4 Å². The molecule has 0 saturated carbocycles. The van der Waals surface area contributed by atoms with E-state index in [-0.39, 0.29) is 4.90 Å². The minimum Gasteiger partial charge on any atom is -0.452 e. The summed E-state index contributed by atoms with van der Waals surface area (Å²) in [5, 5.41) is 2.68. The van der Waals surface area contributed by atoms with Crippen LogP contribution < -0.4 is 5.32 Å². The van der Waals surface area contributed by atoms with Crippen LogP contribution in [0.4, 0.5) is 5.69 Å². The highest BCUT2D eigenvalue weighted by Crippen LogP contribution is 2.17. The van der Waals surface area contributed by atoms with Crippen LogP contribution in [0.1, 0.15) is 30.5 Å². The third-order valence-corrected chi connectivity index (χ3v) is 6.84. The zero-order chi connectivity index (χ0) is 23.0. The molecule has 1 N–H and O–H groups in total. The van der Waals surface area contributed by atoms with Crippen molar-refractivity contribution in [2.45, 2.75) is 32.6 Å². The summed E-state index contributed by atoms with van der Waals surface area (Å²) in [6.07, 6.45) is 2.69. The molecule has 0 unspecified atom stereocenters. The first-order valence-electron chi connectivity index (χ1n) is 9.99. The number of rotatable bonds is 9. The average Bonchev–Trinajstić information content (AvgIpc) is 2.74. The molecule has 0 saturated heterocycles. The Kier molecular flexibility index (Phi) is 8.53. The molecule has 0 heterocycles. The van der Waals surface area contributed by atoms with Crippen molar-refractivity contribution in [3.05, 3.63) is 65.2 Å². The van der Waals surface area contributed by atoms with Gasteiger partial charge in [-0.25, -0.2) is 13.2 Å². The molecule has 0 aliphatic heterocycles. The molecular weight excluding hydrogens is 416 g/mol. The second kappa shape index (κ2) is 10.9. The average molecular weight is 445 g/mol. The molecule has 2 aromatic carbocycles. The smallest absolute Gasteiger partial charge is 0.331 e. The van der Waals surface area contributed by atoms with Crippen LogP contribution >= 0.6 is 0 Å². The number of esters is 1. The Morgan fingerprint density at radius 1 is 1.00 bits per heavy atom.